The lowest BCUT2D eigenvalue weighted by Gasteiger charge is -2.18. The van der Waals surface area contributed by atoms with Crippen LogP contribution in [0.15, 0.2) is 41.1 Å². The minimum Gasteiger partial charge on any atom is -0.497 e. The average Bonchev–Trinajstić information content (AvgIpc) is 3.39. The van der Waals surface area contributed by atoms with Gasteiger partial charge in [0.05, 0.1) is 18.8 Å². The molecule has 28 heavy (non-hydrogen) atoms. The Morgan fingerprint density at radius 2 is 2.04 bits per heavy atom. The molecule has 1 aliphatic rings. The first kappa shape index (κ1) is 18.3. The second-order valence-electron chi connectivity index (χ2n) is 6.93. The number of hydrogen-bond acceptors (Lipinski definition) is 7. The standard InChI is InChI=1S/C21H24N4O3/c1-14-24-21(28-25-14)16-8-10-20(23-13-16)22-12-15-7-9-18(26-2)11-19(15)27-17-5-3-4-6-17/h7-11,13,17H,3-6,12H2,1-2H3,(H,22,23). The van der Waals surface area contributed by atoms with E-state index in [1.807, 2.05) is 30.3 Å². The Morgan fingerprint density at radius 1 is 1.18 bits per heavy atom. The Hall–Kier alpha value is -3.09. The topological polar surface area (TPSA) is 82.3 Å². The van der Waals surface area contributed by atoms with Gasteiger partial charge in [0.1, 0.15) is 17.3 Å². The summed E-state index contributed by atoms with van der Waals surface area (Å²) in [5.74, 6) is 3.51. The number of anilines is 1. The Balaban J connectivity index is 1.45. The highest BCUT2D eigenvalue weighted by molar-refractivity contribution is 5.54. The van der Waals surface area contributed by atoms with Crippen LogP contribution in [0.4, 0.5) is 5.82 Å². The molecule has 0 aliphatic heterocycles. The van der Waals surface area contributed by atoms with Crippen molar-refractivity contribution in [2.75, 3.05) is 12.4 Å². The van der Waals surface area contributed by atoms with Crippen molar-refractivity contribution >= 4 is 5.82 Å². The number of hydrogen-bond donors (Lipinski definition) is 1. The van der Waals surface area contributed by atoms with Crippen LogP contribution in [0.2, 0.25) is 0 Å². The number of rotatable bonds is 7. The summed E-state index contributed by atoms with van der Waals surface area (Å²) >= 11 is 0. The molecule has 0 bridgehead atoms. The Kier molecular flexibility index (Phi) is 5.41. The SMILES string of the molecule is COc1ccc(CNc2ccc(-c3nc(C)no3)cn2)c(OC2CCCC2)c1. The monoisotopic (exact) mass is 380 g/mol. The number of ether oxygens (including phenoxy) is 2. The van der Waals surface area contributed by atoms with Crippen LogP contribution in [0.25, 0.3) is 11.5 Å². The molecule has 7 heteroatoms. The average molecular weight is 380 g/mol. The second kappa shape index (κ2) is 8.29. The maximum atomic E-state index is 6.25. The van der Waals surface area contributed by atoms with Crippen molar-refractivity contribution in [3.8, 4) is 23.0 Å². The highest BCUT2D eigenvalue weighted by atomic mass is 16.5. The third-order valence-electron chi connectivity index (χ3n) is 4.87. The molecule has 7 nitrogen and oxygen atoms in total. The van der Waals surface area contributed by atoms with Crippen molar-refractivity contribution in [1.29, 1.82) is 0 Å². The third kappa shape index (κ3) is 4.24. The van der Waals surface area contributed by atoms with E-state index in [1.54, 1.807) is 20.2 Å². The van der Waals surface area contributed by atoms with Gasteiger partial charge < -0.3 is 19.3 Å². The molecule has 1 aromatic carbocycles. The van der Waals surface area contributed by atoms with E-state index in [-0.39, 0.29) is 0 Å². The van der Waals surface area contributed by atoms with Crippen molar-refractivity contribution in [2.24, 2.45) is 0 Å². The van der Waals surface area contributed by atoms with Gasteiger partial charge >= 0.3 is 0 Å². The van der Waals surface area contributed by atoms with Gasteiger partial charge in [-0.25, -0.2) is 4.98 Å². The van der Waals surface area contributed by atoms with E-state index in [0.29, 0.717) is 24.4 Å². The molecule has 1 N–H and O–H groups in total. The molecule has 0 unspecified atom stereocenters. The summed E-state index contributed by atoms with van der Waals surface area (Å²) in [5, 5.41) is 7.15. The zero-order valence-corrected chi connectivity index (χ0v) is 16.1. The van der Waals surface area contributed by atoms with Crippen LogP contribution in [0, 0.1) is 6.92 Å². The minimum absolute atomic E-state index is 0.293. The number of nitrogens with zero attached hydrogens (tertiary/aromatic N) is 3. The Bertz CT molecular complexity index is 918. The molecule has 2 heterocycles. The van der Waals surface area contributed by atoms with Gasteiger partial charge in [-0.15, -0.1) is 0 Å². The largest absolute Gasteiger partial charge is 0.497 e. The molecular formula is C21H24N4O3. The lowest BCUT2D eigenvalue weighted by molar-refractivity contribution is 0.207. The van der Waals surface area contributed by atoms with Gasteiger partial charge in [0.15, 0.2) is 5.82 Å². The zero-order chi connectivity index (χ0) is 19.3. The van der Waals surface area contributed by atoms with Gasteiger partial charge in [0.2, 0.25) is 0 Å². The summed E-state index contributed by atoms with van der Waals surface area (Å²) in [6, 6.07) is 9.75. The summed E-state index contributed by atoms with van der Waals surface area (Å²) in [5.41, 5.74) is 1.87. The highest BCUT2D eigenvalue weighted by Gasteiger charge is 2.18. The van der Waals surface area contributed by atoms with Crippen LogP contribution in [0.3, 0.4) is 0 Å². The normalized spacial score (nSPS) is 14.2. The molecule has 0 atom stereocenters. The Morgan fingerprint density at radius 3 is 2.71 bits per heavy atom. The van der Waals surface area contributed by atoms with E-state index in [2.05, 4.69) is 20.4 Å². The van der Waals surface area contributed by atoms with Crippen molar-refractivity contribution in [3.63, 3.8) is 0 Å². The summed E-state index contributed by atoms with van der Waals surface area (Å²) in [4.78, 5) is 8.66. The van der Waals surface area contributed by atoms with Crippen LogP contribution >= 0.6 is 0 Å². The predicted octanol–water partition coefficient (Wildman–Crippen LogP) is 4.38. The van der Waals surface area contributed by atoms with Crippen molar-refractivity contribution < 1.29 is 14.0 Å². The molecule has 4 rings (SSSR count). The third-order valence-corrected chi connectivity index (χ3v) is 4.87. The first-order valence-corrected chi connectivity index (χ1v) is 9.55. The van der Waals surface area contributed by atoms with Crippen LogP contribution in [0.1, 0.15) is 37.1 Å². The van der Waals surface area contributed by atoms with E-state index < -0.39 is 0 Å². The number of nitrogens with one attached hydrogen (secondary N) is 1. The van der Waals surface area contributed by atoms with Gasteiger partial charge in [-0.2, -0.15) is 4.98 Å². The molecule has 0 radical (unpaired) electrons. The van der Waals surface area contributed by atoms with Gasteiger partial charge in [0.25, 0.3) is 5.89 Å². The first-order chi connectivity index (χ1) is 13.7. The predicted molar refractivity (Wildman–Crippen MR) is 105 cm³/mol. The molecule has 0 saturated heterocycles. The summed E-state index contributed by atoms with van der Waals surface area (Å²) in [6.07, 6.45) is 6.71. The molecule has 1 aliphatic carbocycles. The van der Waals surface area contributed by atoms with Gasteiger partial charge in [-0.1, -0.05) is 5.16 Å². The van der Waals surface area contributed by atoms with Crippen LogP contribution in [-0.2, 0) is 6.54 Å². The number of benzene rings is 1. The first-order valence-electron chi connectivity index (χ1n) is 9.55. The van der Waals surface area contributed by atoms with Crippen molar-refractivity contribution in [2.45, 2.75) is 45.3 Å². The van der Waals surface area contributed by atoms with E-state index in [4.69, 9.17) is 14.0 Å². The van der Waals surface area contributed by atoms with E-state index in [9.17, 15) is 0 Å². The fourth-order valence-corrected chi connectivity index (χ4v) is 3.33. The van der Waals surface area contributed by atoms with E-state index in [1.165, 1.54) is 12.8 Å². The zero-order valence-electron chi connectivity index (χ0n) is 16.1. The number of methoxy groups -OCH3 is 1. The molecule has 1 fully saturated rings. The van der Waals surface area contributed by atoms with Gasteiger partial charge in [-0.3, -0.25) is 0 Å². The summed E-state index contributed by atoms with van der Waals surface area (Å²) in [7, 11) is 1.67. The molecule has 1 saturated carbocycles. The number of pyridine rings is 1. The Labute approximate surface area is 164 Å². The molecule has 0 amide bonds. The lowest BCUT2D eigenvalue weighted by Crippen LogP contribution is -2.13. The summed E-state index contributed by atoms with van der Waals surface area (Å²) < 4.78 is 16.8. The fourth-order valence-electron chi connectivity index (χ4n) is 3.33. The molecule has 0 spiro atoms. The quantitative estimate of drug-likeness (QED) is 0.651. The van der Waals surface area contributed by atoms with Crippen LogP contribution < -0.4 is 14.8 Å². The fraction of sp³-hybridized carbons (Fsp3) is 0.381. The summed E-state index contributed by atoms with van der Waals surface area (Å²) in [6.45, 7) is 2.40. The lowest BCUT2D eigenvalue weighted by atomic mass is 10.1. The second-order valence-corrected chi connectivity index (χ2v) is 6.93. The van der Waals surface area contributed by atoms with Gasteiger partial charge in [-0.05, 0) is 56.9 Å². The number of aryl methyl sites for hydroxylation is 1. The van der Waals surface area contributed by atoms with E-state index >= 15 is 0 Å². The van der Waals surface area contributed by atoms with E-state index in [0.717, 1.165) is 41.3 Å². The van der Waals surface area contributed by atoms with Gasteiger partial charge in [0, 0.05) is 24.4 Å². The molecule has 2 aromatic heterocycles. The molecule has 3 aromatic rings. The number of aromatic nitrogens is 3. The molecule has 146 valence electrons. The smallest absolute Gasteiger partial charge is 0.259 e. The maximum Gasteiger partial charge on any atom is 0.259 e. The van der Waals surface area contributed by atoms with Crippen LogP contribution in [-0.4, -0.2) is 28.3 Å². The van der Waals surface area contributed by atoms with Crippen molar-refractivity contribution in [1.82, 2.24) is 15.1 Å². The van der Waals surface area contributed by atoms with Crippen molar-refractivity contribution in [3.05, 3.63) is 47.9 Å². The highest BCUT2D eigenvalue weighted by Crippen LogP contribution is 2.30. The maximum absolute atomic E-state index is 6.25. The van der Waals surface area contributed by atoms with Crippen LogP contribution in [0.5, 0.6) is 11.5 Å². The minimum atomic E-state index is 0.293. The molecular weight excluding hydrogens is 356 g/mol.